The molecule has 21 heavy (non-hydrogen) atoms. The summed E-state index contributed by atoms with van der Waals surface area (Å²) >= 11 is 0. The molecule has 0 fully saturated rings. The Morgan fingerprint density at radius 3 is 2.95 bits per heavy atom. The second-order valence-corrected chi connectivity index (χ2v) is 5.12. The Labute approximate surface area is 123 Å². The highest BCUT2D eigenvalue weighted by Gasteiger charge is 2.18. The van der Waals surface area contributed by atoms with E-state index >= 15 is 0 Å². The number of hydrogen-bond donors (Lipinski definition) is 1. The third kappa shape index (κ3) is 2.74. The van der Waals surface area contributed by atoms with Crippen LogP contribution in [0.1, 0.15) is 23.7 Å². The topological polar surface area (TPSA) is 47.0 Å². The zero-order valence-corrected chi connectivity index (χ0v) is 12.2. The van der Waals surface area contributed by atoms with E-state index in [0.29, 0.717) is 30.2 Å². The average molecular weight is 287 g/mol. The number of halogens is 1. The van der Waals surface area contributed by atoms with Gasteiger partial charge in [0.15, 0.2) is 5.82 Å². The summed E-state index contributed by atoms with van der Waals surface area (Å²) in [7, 11) is 0. The molecule has 2 aromatic rings. The van der Waals surface area contributed by atoms with Crippen LogP contribution < -0.4 is 5.32 Å². The summed E-state index contributed by atoms with van der Waals surface area (Å²) in [5.74, 6) is 1.12. The largest absolute Gasteiger partial charge is 0.376 e. The number of nitrogens with one attached hydrogen (secondary N) is 1. The first kappa shape index (κ1) is 13.9. The zero-order valence-electron chi connectivity index (χ0n) is 12.2. The number of hydrogen-bond acceptors (Lipinski definition) is 4. The van der Waals surface area contributed by atoms with Gasteiger partial charge in [0.1, 0.15) is 11.6 Å². The lowest BCUT2D eigenvalue weighted by molar-refractivity contribution is 0.109. The van der Waals surface area contributed by atoms with Crippen molar-refractivity contribution < 1.29 is 9.13 Å². The van der Waals surface area contributed by atoms with E-state index in [1.807, 2.05) is 13.0 Å². The van der Waals surface area contributed by atoms with Gasteiger partial charge in [0, 0.05) is 24.1 Å². The first-order chi connectivity index (χ1) is 10.2. The van der Waals surface area contributed by atoms with Crippen LogP contribution in [0.15, 0.2) is 18.2 Å². The second-order valence-electron chi connectivity index (χ2n) is 5.12. The molecule has 1 aromatic heterocycles. The van der Waals surface area contributed by atoms with Gasteiger partial charge in [0.25, 0.3) is 0 Å². The molecule has 1 N–H and O–H groups in total. The Morgan fingerprint density at radius 1 is 1.33 bits per heavy atom. The van der Waals surface area contributed by atoms with Gasteiger partial charge in [0.05, 0.1) is 18.9 Å². The summed E-state index contributed by atoms with van der Waals surface area (Å²) in [6.07, 6.45) is 0.761. The first-order valence-electron chi connectivity index (χ1n) is 7.17. The smallest absolute Gasteiger partial charge is 0.161 e. The fraction of sp³-hybridized carbons (Fsp3) is 0.375. The van der Waals surface area contributed by atoms with E-state index in [9.17, 15) is 4.39 Å². The highest BCUT2D eigenvalue weighted by molar-refractivity contribution is 5.60. The molecule has 0 aliphatic carbocycles. The van der Waals surface area contributed by atoms with E-state index in [4.69, 9.17) is 4.74 Å². The van der Waals surface area contributed by atoms with Gasteiger partial charge in [-0.05, 0) is 25.5 Å². The van der Waals surface area contributed by atoms with Crippen molar-refractivity contribution in [1.29, 1.82) is 0 Å². The van der Waals surface area contributed by atoms with Gasteiger partial charge >= 0.3 is 0 Å². The maximum atomic E-state index is 13.8. The monoisotopic (exact) mass is 287 g/mol. The summed E-state index contributed by atoms with van der Waals surface area (Å²) in [6.45, 7) is 5.72. The molecule has 1 aliphatic heterocycles. The maximum absolute atomic E-state index is 13.8. The predicted octanol–water partition coefficient (Wildman–Crippen LogP) is 3.10. The molecule has 0 saturated carbocycles. The minimum atomic E-state index is -0.234. The molecule has 0 atom stereocenters. The van der Waals surface area contributed by atoms with E-state index in [-0.39, 0.29) is 5.82 Å². The second kappa shape index (κ2) is 5.77. The number of aromatic nitrogens is 2. The van der Waals surface area contributed by atoms with E-state index in [1.165, 1.54) is 6.07 Å². The molecule has 2 heterocycles. The Kier molecular flexibility index (Phi) is 3.84. The van der Waals surface area contributed by atoms with E-state index < -0.39 is 0 Å². The molecular formula is C16H18FN3O. The van der Waals surface area contributed by atoms with Crippen molar-refractivity contribution in [3.05, 3.63) is 40.8 Å². The van der Waals surface area contributed by atoms with E-state index in [2.05, 4.69) is 15.3 Å². The minimum absolute atomic E-state index is 0.234. The van der Waals surface area contributed by atoms with Crippen molar-refractivity contribution in [3.63, 3.8) is 0 Å². The Morgan fingerprint density at radius 2 is 2.19 bits per heavy atom. The third-order valence-corrected chi connectivity index (χ3v) is 3.60. The third-order valence-electron chi connectivity index (χ3n) is 3.60. The number of anilines is 1. The van der Waals surface area contributed by atoms with Crippen LogP contribution in [-0.2, 0) is 17.8 Å². The molecule has 0 spiro atoms. The van der Waals surface area contributed by atoms with Crippen LogP contribution in [-0.4, -0.2) is 23.1 Å². The SMILES string of the molecule is CCNc1nc(-c2ccc(C)c(F)c2)nc2c1COCC2. The van der Waals surface area contributed by atoms with Crippen molar-refractivity contribution in [2.24, 2.45) is 0 Å². The molecule has 5 heteroatoms. The van der Waals surface area contributed by atoms with Crippen molar-refractivity contribution in [2.45, 2.75) is 26.9 Å². The van der Waals surface area contributed by atoms with Gasteiger partial charge in [-0.25, -0.2) is 14.4 Å². The van der Waals surface area contributed by atoms with Crippen LogP contribution in [0.4, 0.5) is 10.2 Å². The van der Waals surface area contributed by atoms with Crippen LogP contribution in [0, 0.1) is 12.7 Å². The van der Waals surface area contributed by atoms with Gasteiger partial charge in [-0.1, -0.05) is 12.1 Å². The molecule has 0 saturated heterocycles. The highest BCUT2D eigenvalue weighted by Crippen LogP contribution is 2.26. The van der Waals surface area contributed by atoms with Crippen LogP contribution >= 0.6 is 0 Å². The van der Waals surface area contributed by atoms with Crippen molar-refractivity contribution in [1.82, 2.24) is 9.97 Å². The number of nitrogens with zero attached hydrogens (tertiary/aromatic N) is 2. The number of benzene rings is 1. The van der Waals surface area contributed by atoms with E-state index in [1.54, 1.807) is 13.0 Å². The number of fused-ring (bicyclic) bond motifs is 1. The van der Waals surface area contributed by atoms with Crippen molar-refractivity contribution >= 4 is 5.82 Å². The number of rotatable bonds is 3. The molecular weight excluding hydrogens is 269 g/mol. The van der Waals surface area contributed by atoms with E-state index in [0.717, 1.165) is 30.0 Å². The summed E-state index contributed by atoms with van der Waals surface area (Å²) in [4.78, 5) is 9.15. The van der Waals surface area contributed by atoms with Crippen LogP contribution in [0.25, 0.3) is 11.4 Å². The number of aryl methyl sites for hydroxylation is 1. The Hall–Kier alpha value is -2.01. The van der Waals surface area contributed by atoms with Crippen LogP contribution in [0.3, 0.4) is 0 Å². The zero-order chi connectivity index (χ0) is 14.8. The molecule has 0 radical (unpaired) electrons. The van der Waals surface area contributed by atoms with Gasteiger partial charge in [-0.15, -0.1) is 0 Å². The van der Waals surface area contributed by atoms with Crippen molar-refractivity contribution in [2.75, 3.05) is 18.5 Å². The van der Waals surface area contributed by atoms with Gasteiger partial charge < -0.3 is 10.1 Å². The molecule has 0 amide bonds. The summed E-state index contributed by atoms with van der Waals surface area (Å²) in [5.41, 5.74) is 3.33. The summed E-state index contributed by atoms with van der Waals surface area (Å²) in [6, 6.07) is 5.10. The predicted molar refractivity (Wildman–Crippen MR) is 79.7 cm³/mol. The lowest BCUT2D eigenvalue weighted by Crippen LogP contribution is -2.17. The number of ether oxygens (including phenoxy) is 1. The lowest BCUT2D eigenvalue weighted by atomic mass is 10.1. The molecule has 0 unspecified atom stereocenters. The quantitative estimate of drug-likeness (QED) is 0.942. The molecule has 1 aromatic carbocycles. The normalized spacial score (nSPS) is 13.9. The van der Waals surface area contributed by atoms with Crippen LogP contribution in [0.5, 0.6) is 0 Å². The lowest BCUT2D eigenvalue weighted by Gasteiger charge is -2.20. The average Bonchev–Trinajstić information content (AvgIpc) is 2.50. The highest BCUT2D eigenvalue weighted by atomic mass is 19.1. The molecule has 110 valence electrons. The standard InChI is InChI=1S/C16H18FN3O/c1-3-18-16-12-9-21-7-6-14(12)19-15(20-16)11-5-4-10(2)13(17)8-11/h4-5,8H,3,6-7,9H2,1-2H3,(H,18,19,20). The van der Waals surface area contributed by atoms with Crippen LogP contribution in [0.2, 0.25) is 0 Å². The summed E-state index contributed by atoms with van der Waals surface area (Å²) < 4.78 is 19.2. The first-order valence-corrected chi connectivity index (χ1v) is 7.17. The van der Waals surface area contributed by atoms with Crippen molar-refractivity contribution in [3.8, 4) is 11.4 Å². The fourth-order valence-electron chi connectivity index (χ4n) is 2.41. The maximum Gasteiger partial charge on any atom is 0.161 e. The molecule has 0 bridgehead atoms. The Bertz CT molecular complexity index is 673. The van der Waals surface area contributed by atoms with Gasteiger partial charge in [0.2, 0.25) is 0 Å². The summed E-state index contributed by atoms with van der Waals surface area (Å²) in [5, 5.41) is 3.25. The van der Waals surface area contributed by atoms with Gasteiger partial charge in [-0.2, -0.15) is 0 Å². The molecule has 1 aliphatic rings. The molecule has 3 rings (SSSR count). The minimum Gasteiger partial charge on any atom is -0.376 e. The van der Waals surface area contributed by atoms with Gasteiger partial charge in [-0.3, -0.25) is 0 Å². The fourth-order valence-corrected chi connectivity index (χ4v) is 2.41. The molecule has 4 nitrogen and oxygen atoms in total. The Balaban J connectivity index is 2.09.